The number of nitrogens with zero attached hydrogens (tertiary/aromatic N) is 1. The number of amides is 1. The number of morpholine rings is 1. The molecule has 1 N–H and O–H groups in total. The lowest BCUT2D eigenvalue weighted by molar-refractivity contribution is -0.139. The van der Waals surface area contributed by atoms with E-state index in [1.165, 1.54) is 7.11 Å². The maximum atomic E-state index is 12.7. The van der Waals surface area contributed by atoms with Gasteiger partial charge in [0.25, 0.3) is 5.91 Å². The molecule has 1 aliphatic heterocycles. The molecule has 1 aliphatic rings. The Kier molecular flexibility index (Phi) is 5.19. The number of carboxylic acids is 1. The molecular formula is C14H16BrNO5. The van der Waals surface area contributed by atoms with Crippen molar-refractivity contribution in [1.29, 1.82) is 0 Å². The third-order valence-corrected chi connectivity index (χ3v) is 3.99. The van der Waals surface area contributed by atoms with Crippen LogP contribution < -0.4 is 4.74 Å². The van der Waals surface area contributed by atoms with Gasteiger partial charge < -0.3 is 19.5 Å². The van der Waals surface area contributed by atoms with Gasteiger partial charge in [0.2, 0.25) is 0 Å². The first kappa shape index (κ1) is 15.8. The molecule has 1 aromatic carbocycles. The fourth-order valence-corrected chi connectivity index (χ4v) is 2.66. The van der Waals surface area contributed by atoms with Crippen LogP contribution in [0.15, 0.2) is 22.7 Å². The van der Waals surface area contributed by atoms with Crippen molar-refractivity contribution in [2.24, 2.45) is 0 Å². The van der Waals surface area contributed by atoms with Crippen molar-refractivity contribution in [2.75, 3.05) is 26.9 Å². The molecule has 0 aromatic heterocycles. The van der Waals surface area contributed by atoms with Crippen LogP contribution in [0, 0.1) is 0 Å². The zero-order valence-corrected chi connectivity index (χ0v) is 13.1. The number of aliphatic carboxylic acids is 1. The van der Waals surface area contributed by atoms with E-state index in [0.717, 1.165) is 0 Å². The van der Waals surface area contributed by atoms with Crippen LogP contribution in [0.3, 0.4) is 0 Å². The quantitative estimate of drug-likeness (QED) is 0.888. The first-order valence-electron chi connectivity index (χ1n) is 6.47. The topological polar surface area (TPSA) is 76.1 Å². The highest BCUT2D eigenvalue weighted by Crippen LogP contribution is 2.25. The molecule has 1 atom stereocenters. The van der Waals surface area contributed by atoms with Crippen molar-refractivity contribution in [3.63, 3.8) is 0 Å². The van der Waals surface area contributed by atoms with Crippen LogP contribution >= 0.6 is 15.9 Å². The van der Waals surface area contributed by atoms with E-state index < -0.39 is 12.0 Å². The van der Waals surface area contributed by atoms with E-state index in [9.17, 15) is 9.59 Å². The zero-order chi connectivity index (χ0) is 15.4. The molecule has 0 spiro atoms. The molecule has 114 valence electrons. The van der Waals surface area contributed by atoms with Crippen molar-refractivity contribution in [3.05, 3.63) is 28.2 Å². The summed E-state index contributed by atoms with van der Waals surface area (Å²) in [7, 11) is 1.53. The maximum absolute atomic E-state index is 12.7. The molecular weight excluding hydrogens is 342 g/mol. The van der Waals surface area contributed by atoms with Crippen LogP contribution in [-0.4, -0.2) is 54.8 Å². The summed E-state index contributed by atoms with van der Waals surface area (Å²) >= 11 is 3.35. The minimum atomic E-state index is -0.951. The number of hydrogen-bond acceptors (Lipinski definition) is 4. The SMILES string of the molecule is COc1ccc(Br)c(C(=O)N2CCOCC2CC(=O)O)c1. The molecule has 1 fully saturated rings. The van der Waals surface area contributed by atoms with E-state index in [1.807, 2.05) is 0 Å². The second-order valence-corrected chi connectivity index (χ2v) is 5.53. The highest BCUT2D eigenvalue weighted by Gasteiger charge is 2.30. The summed E-state index contributed by atoms with van der Waals surface area (Å²) < 4.78 is 11.1. The molecule has 7 heteroatoms. The molecule has 2 rings (SSSR count). The average molecular weight is 358 g/mol. The monoisotopic (exact) mass is 357 g/mol. The van der Waals surface area contributed by atoms with Gasteiger partial charge in [0, 0.05) is 11.0 Å². The van der Waals surface area contributed by atoms with Crippen molar-refractivity contribution in [3.8, 4) is 5.75 Å². The number of halogens is 1. The van der Waals surface area contributed by atoms with Crippen LogP contribution in [0.25, 0.3) is 0 Å². The molecule has 0 saturated carbocycles. The van der Waals surface area contributed by atoms with E-state index in [1.54, 1.807) is 23.1 Å². The molecule has 0 radical (unpaired) electrons. The Labute approximate surface area is 130 Å². The summed E-state index contributed by atoms with van der Waals surface area (Å²) in [6, 6.07) is 4.66. The zero-order valence-electron chi connectivity index (χ0n) is 11.5. The van der Waals surface area contributed by atoms with E-state index in [0.29, 0.717) is 28.9 Å². The van der Waals surface area contributed by atoms with Crippen LogP contribution in [0.1, 0.15) is 16.8 Å². The first-order valence-corrected chi connectivity index (χ1v) is 7.26. The summed E-state index contributed by atoms with van der Waals surface area (Å²) in [6.07, 6.45) is -0.132. The Morgan fingerprint density at radius 3 is 2.95 bits per heavy atom. The normalized spacial score (nSPS) is 18.4. The van der Waals surface area contributed by atoms with E-state index in [4.69, 9.17) is 14.6 Å². The second-order valence-electron chi connectivity index (χ2n) is 4.67. The Morgan fingerprint density at radius 2 is 2.29 bits per heavy atom. The Balaban J connectivity index is 2.26. The van der Waals surface area contributed by atoms with Gasteiger partial charge in [-0.3, -0.25) is 9.59 Å². The number of hydrogen-bond donors (Lipinski definition) is 1. The van der Waals surface area contributed by atoms with Gasteiger partial charge in [-0.1, -0.05) is 0 Å². The smallest absolute Gasteiger partial charge is 0.305 e. The highest BCUT2D eigenvalue weighted by atomic mass is 79.9. The number of carbonyl (C=O) groups excluding carboxylic acids is 1. The lowest BCUT2D eigenvalue weighted by Gasteiger charge is -2.35. The van der Waals surface area contributed by atoms with Crippen molar-refractivity contribution in [1.82, 2.24) is 4.90 Å². The van der Waals surface area contributed by atoms with Gasteiger partial charge in [0.05, 0.1) is 38.3 Å². The third-order valence-electron chi connectivity index (χ3n) is 3.30. The van der Waals surface area contributed by atoms with Gasteiger partial charge in [-0.05, 0) is 34.1 Å². The van der Waals surface area contributed by atoms with Crippen LogP contribution in [0.4, 0.5) is 0 Å². The Hall–Kier alpha value is -1.60. The van der Waals surface area contributed by atoms with Crippen molar-refractivity contribution < 1.29 is 24.2 Å². The van der Waals surface area contributed by atoms with Crippen LogP contribution in [0.2, 0.25) is 0 Å². The van der Waals surface area contributed by atoms with E-state index in [-0.39, 0.29) is 18.9 Å². The standard InChI is InChI=1S/C14H16BrNO5/c1-20-10-2-3-12(15)11(7-10)14(19)16-4-5-21-8-9(16)6-13(17)18/h2-3,7,9H,4-6,8H2,1H3,(H,17,18). The van der Waals surface area contributed by atoms with Gasteiger partial charge >= 0.3 is 5.97 Å². The average Bonchev–Trinajstić information content (AvgIpc) is 2.47. The van der Waals surface area contributed by atoms with Gasteiger partial charge in [0.1, 0.15) is 5.75 Å². The summed E-state index contributed by atoms with van der Waals surface area (Å²) in [5, 5.41) is 8.95. The first-order chi connectivity index (χ1) is 10.0. The van der Waals surface area contributed by atoms with Crippen LogP contribution in [-0.2, 0) is 9.53 Å². The van der Waals surface area contributed by atoms with E-state index >= 15 is 0 Å². The van der Waals surface area contributed by atoms with Gasteiger partial charge in [-0.2, -0.15) is 0 Å². The summed E-state index contributed by atoms with van der Waals surface area (Å²) in [5.41, 5.74) is 0.451. The molecule has 1 amide bonds. The minimum Gasteiger partial charge on any atom is -0.497 e. The second kappa shape index (κ2) is 6.91. The van der Waals surface area contributed by atoms with Gasteiger partial charge in [-0.15, -0.1) is 0 Å². The van der Waals surface area contributed by atoms with Crippen molar-refractivity contribution >= 4 is 27.8 Å². The lowest BCUT2D eigenvalue weighted by atomic mass is 10.1. The summed E-state index contributed by atoms with van der Waals surface area (Å²) in [5.74, 6) is -0.604. The number of ether oxygens (including phenoxy) is 2. The molecule has 1 unspecified atom stereocenters. The van der Waals surface area contributed by atoms with Crippen LogP contribution in [0.5, 0.6) is 5.75 Å². The van der Waals surface area contributed by atoms with Gasteiger partial charge in [-0.25, -0.2) is 0 Å². The fourth-order valence-electron chi connectivity index (χ4n) is 2.24. The predicted molar refractivity (Wildman–Crippen MR) is 78.6 cm³/mol. The number of carboxylic acid groups (broad SMARTS) is 1. The molecule has 1 heterocycles. The summed E-state index contributed by atoms with van der Waals surface area (Å²) in [4.78, 5) is 25.1. The maximum Gasteiger partial charge on any atom is 0.305 e. The van der Waals surface area contributed by atoms with Gasteiger partial charge in [0.15, 0.2) is 0 Å². The Morgan fingerprint density at radius 1 is 1.52 bits per heavy atom. The fraction of sp³-hybridized carbons (Fsp3) is 0.429. The largest absolute Gasteiger partial charge is 0.497 e. The molecule has 0 bridgehead atoms. The molecule has 1 saturated heterocycles. The molecule has 6 nitrogen and oxygen atoms in total. The number of rotatable bonds is 4. The Bertz CT molecular complexity index is 548. The lowest BCUT2D eigenvalue weighted by Crippen LogP contribution is -2.49. The highest BCUT2D eigenvalue weighted by molar-refractivity contribution is 9.10. The van der Waals surface area contributed by atoms with Crippen molar-refractivity contribution in [2.45, 2.75) is 12.5 Å². The minimum absolute atomic E-state index is 0.132. The number of methoxy groups -OCH3 is 1. The summed E-state index contributed by atoms with van der Waals surface area (Å²) in [6.45, 7) is 1.02. The molecule has 21 heavy (non-hydrogen) atoms. The van der Waals surface area contributed by atoms with E-state index in [2.05, 4.69) is 15.9 Å². The number of carbonyl (C=O) groups is 2. The number of benzene rings is 1. The predicted octanol–water partition coefficient (Wildman–Crippen LogP) is 1.77. The molecule has 1 aromatic rings. The molecule has 0 aliphatic carbocycles. The third kappa shape index (κ3) is 3.74.